The molecule has 0 radical (unpaired) electrons. The molecule has 2 aromatic carbocycles. The molecule has 2 aromatic heterocycles. The number of imidazole rings is 1. The number of aliphatic hydroxyl groups is 1. The molecule has 182 valence electrons. The van der Waals surface area contributed by atoms with Crippen molar-refractivity contribution in [1.29, 1.82) is 0 Å². The maximum atomic E-state index is 14.5. The van der Waals surface area contributed by atoms with Crippen LogP contribution in [0.4, 0.5) is 8.78 Å². The summed E-state index contributed by atoms with van der Waals surface area (Å²) in [4.78, 5) is 9.27. The zero-order chi connectivity index (χ0) is 24.7. The molecule has 2 N–H and O–H groups in total. The van der Waals surface area contributed by atoms with Crippen LogP contribution in [0.3, 0.4) is 0 Å². The van der Waals surface area contributed by atoms with E-state index in [-0.39, 0.29) is 5.69 Å². The molecular weight excluding hydrogens is 454 g/mol. The van der Waals surface area contributed by atoms with Gasteiger partial charge in [0.2, 0.25) is 0 Å². The summed E-state index contributed by atoms with van der Waals surface area (Å²) in [6.45, 7) is 7.29. The number of hydrogen-bond donors (Lipinski definition) is 2. The molecule has 0 spiro atoms. The van der Waals surface area contributed by atoms with Crippen LogP contribution in [0.25, 0.3) is 28.6 Å². The van der Waals surface area contributed by atoms with Crippen molar-refractivity contribution in [3.05, 3.63) is 65.6 Å². The summed E-state index contributed by atoms with van der Waals surface area (Å²) in [5.74, 6) is 0.828. The normalized spacial score (nSPS) is 13.2. The van der Waals surface area contributed by atoms with Gasteiger partial charge in [-0.3, -0.25) is 0 Å². The molecule has 0 bridgehead atoms. The molecule has 0 unspecified atom stereocenters. The van der Waals surface area contributed by atoms with E-state index in [0.29, 0.717) is 55.2 Å². The fourth-order valence-electron chi connectivity index (χ4n) is 4.06. The number of fused-ring (bicyclic) bond motifs is 3. The van der Waals surface area contributed by atoms with Gasteiger partial charge in [-0.05, 0) is 50.6 Å². The molecule has 0 saturated carbocycles. The highest BCUT2D eigenvalue weighted by molar-refractivity contribution is 5.69. The average Bonchev–Trinajstić information content (AvgIpc) is 3.32. The highest BCUT2D eigenvalue weighted by Gasteiger charge is 2.23. The summed E-state index contributed by atoms with van der Waals surface area (Å²) in [6.07, 6.45) is 1.84. The highest BCUT2D eigenvalue weighted by Crippen LogP contribution is 2.35. The minimum atomic E-state index is -0.793. The van der Waals surface area contributed by atoms with E-state index in [1.165, 1.54) is 16.8 Å². The van der Waals surface area contributed by atoms with E-state index in [9.17, 15) is 13.9 Å². The first-order chi connectivity index (χ1) is 16.7. The van der Waals surface area contributed by atoms with Gasteiger partial charge in [-0.25, -0.2) is 23.4 Å². The van der Waals surface area contributed by atoms with E-state index in [1.54, 1.807) is 20.8 Å². The molecule has 8 nitrogen and oxygen atoms in total. The molecule has 1 aliphatic rings. The monoisotopic (exact) mass is 480 g/mol. The quantitative estimate of drug-likeness (QED) is 0.438. The fourth-order valence-corrected chi connectivity index (χ4v) is 4.06. The van der Waals surface area contributed by atoms with Gasteiger partial charge in [-0.2, -0.15) is 5.10 Å². The largest absolute Gasteiger partial charge is 0.491 e. The molecule has 3 heterocycles. The molecule has 5 rings (SSSR count). The number of halogens is 2. The van der Waals surface area contributed by atoms with Gasteiger partial charge in [-0.15, -0.1) is 0 Å². The van der Waals surface area contributed by atoms with Crippen LogP contribution < -0.4 is 10.1 Å². The number of aromatic nitrogens is 5. The lowest BCUT2D eigenvalue weighted by atomic mass is 10.1. The predicted octanol–water partition coefficient (Wildman–Crippen LogP) is 3.64. The average molecular weight is 481 g/mol. The number of ether oxygens (including phenoxy) is 1. The highest BCUT2D eigenvalue weighted by atomic mass is 19.1. The molecule has 0 atom stereocenters. The summed E-state index contributed by atoms with van der Waals surface area (Å²) < 4.78 is 37.3. The smallest absolute Gasteiger partial charge is 0.183 e. The standard InChI is InChI=1S/C25H26F2N6O2/c1-15-29-24(33(31-15)21-7-5-17(26)11-19(21)27)20-13-32-8-9-35-22-10-16(12-28-14-25(2,3)34)4-6-18(22)23(32)30-20/h4-7,10-11,13,28,34H,8-9,12,14H2,1-3H3. The summed E-state index contributed by atoms with van der Waals surface area (Å²) in [5, 5.41) is 17.5. The first kappa shape index (κ1) is 23.1. The second-order valence-electron chi connectivity index (χ2n) is 9.23. The second-order valence-corrected chi connectivity index (χ2v) is 9.23. The van der Waals surface area contributed by atoms with E-state index < -0.39 is 17.2 Å². The first-order valence-electron chi connectivity index (χ1n) is 11.3. The van der Waals surface area contributed by atoms with Crippen molar-refractivity contribution < 1.29 is 18.6 Å². The van der Waals surface area contributed by atoms with Gasteiger partial charge >= 0.3 is 0 Å². The number of rotatable bonds is 6. The lowest BCUT2D eigenvalue weighted by Crippen LogP contribution is -2.34. The van der Waals surface area contributed by atoms with E-state index >= 15 is 0 Å². The Morgan fingerprint density at radius 1 is 1.11 bits per heavy atom. The summed E-state index contributed by atoms with van der Waals surface area (Å²) >= 11 is 0. The number of benzene rings is 2. The molecule has 35 heavy (non-hydrogen) atoms. The minimum absolute atomic E-state index is 0.0946. The van der Waals surface area contributed by atoms with Gasteiger partial charge in [0.25, 0.3) is 0 Å². The number of aryl methyl sites for hydroxylation is 1. The van der Waals surface area contributed by atoms with Crippen molar-refractivity contribution in [2.45, 2.75) is 39.5 Å². The zero-order valence-electron chi connectivity index (χ0n) is 19.7. The van der Waals surface area contributed by atoms with Crippen LogP contribution in [0, 0.1) is 18.6 Å². The SMILES string of the molecule is Cc1nc(-c2cn3c(n2)-c2ccc(CNCC(C)(C)O)cc2OCC3)n(-c2ccc(F)cc2F)n1. The van der Waals surface area contributed by atoms with Crippen LogP contribution in [0.2, 0.25) is 0 Å². The Hall–Kier alpha value is -3.63. The predicted molar refractivity (Wildman–Crippen MR) is 126 cm³/mol. The van der Waals surface area contributed by atoms with Gasteiger partial charge < -0.3 is 19.7 Å². The Morgan fingerprint density at radius 2 is 1.94 bits per heavy atom. The molecule has 1 aliphatic heterocycles. The van der Waals surface area contributed by atoms with Crippen molar-refractivity contribution in [2.24, 2.45) is 0 Å². The van der Waals surface area contributed by atoms with E-state index in [0.717, 1.165) is 17.2 Å². The topological polar surface area (TPSA) is 90.0 Å². The maximum absolute atomic E-state index is 14.5. The van der Waals surface area contributed by atoms with Crippen LogP contribution in [-0.2, 0) is 13.1 Å². The van der Waals surface area contributed by atoms with Crippen molar-refractivity contribution >= 4 is 0 Å². The third-order valence-corrected chi connectivity index (χ3v) is 5.62. The van der Waals surface area contributed by atoms with Gasteiger partial charge in [0.15, 0.2) is 11.6 Å². The van der Waals surface area contributed by atoms with Crippen LogP contribution in [0.15, 0.2) is 42.6 Å². The second kappa shape index (κ2) is 8.86. The molecule has 0 fully saturated rings. The van der Waals surface area contributed by atoms with Crippen molar-refractivity contribution in [1.82, 2.24) is 29.6 Å². The molecule has 4 aromatic rings. The summed E-state index contributed by atoms with van der Waals surface area (Å²) in [5.41, 5.74) is 1.68. The molecule has 0 amide bonds. The Kier molecular flexibility index (Phi) is 5.86. The summed E-state index contributed by atoms with van der Waals surface area (Å²) in [7, 11) is 0. The van der Waals surface area contributed by atoms with Gasteiger partial charge in [0, 0.05) is 25.4 Å². The lowest BCUT2D eigenvalue weighted by Gasteiger charge is -2.18. The van der Waals surface area contributed by atoms with Crippen molar-refractivity contribution in [3.63, 3.8) is 0 Å². The number of hydrogen-bond acceptors (Lipinski definition) is 6. The van der Waals surface area contributed by atoms with Crippen LogP contribution in [0.1, 0.15) is 25.2 Å². The molecule has 0 saturated heterocycles. The van der Waals surface area contributed by atoms with Crippen LogP contribution in [0.5, 0.6) is 5.75 Å². The van der Waals surface area contributed by atoms with Gasteiger partial charge in [0.1, 0.15) is 41.2 Å². The number of nitrogens with zero attached hydrogens (tertiary/aromatic N) is 5. The molecule has 10 heteroatoms. The maximum Gasteiger partial charge on any atom is 0.183 e. The first-order valence-corrected chi connectivity index (χ1v) is 11.3. The van der Waals surface area contributed by atoms with Crippen molar-refractivity contribution in [2.75, 3.05) is 13.2 Å². The fraction of sp³-hybridized carbons (Fsp3) is 0.320. The zero-order valence-corrected chi connectivity index (χ0v) is 19.7. The molecular formula is C25H26F2N6O2. The lowest BCUT2D eigenvalue weighted by molar-refractivity contribution is 0.0795. The Bertz CT molecular complexity index is 1390. The van der Waals surface area contributed by atoms with E-state index in [1.807, 2.05) is 29.0 Å². The van der Waals surface area contributed by atoms with Crippen LogP contribution in [-0.4, -0.2) is 48.2 Å². The van der Waals surface area contributed by atoms with Crippen LogP contribution >= 0.6 is 0 Å². The third kappa shape index (κ3) is 4.80. The minimum Gasteiger partial charge on any atom is -0.491 e. The van der Waals surface area contributed by atoms with Gasteiger partial charge in [0.05, 0.1) is 17.7 Å². The Balaban J connectivity index is 1.49. The Morgan fingerprint density at radius 3 is 2.71 bits per heavy atom. The van der Waals surface area contributed by atoms with E-state index in [2.05, 4.69) is 15.4 Å². The van der Waals surface area contributed by atoms with Crippen molar-refractivity contribution in [3.8, 4) is 34.3 Å². The van der Waals surface area contributed by atoms with Gasteiger partial charge in [-0.1, -0.05) is 6.07 Å². The third-order valence-electron chi connectivity index (χ3n) is 5.62. The van der Waals surface area contributed by atoms with E-state index in [4.69, 9.17) is 9.72 Å². The molecule has 0 aliphatic carbocycles. The Labute approximate surface area is 201 Å². The number of nitrogens with one attached hydrogen (secondary N) is 1. The summed E-state index contributed by atoms with van der Waals surface area (Å²) in [6, 6.07) is 9.25.